The molecular weight excluding hydrogens is 340 g/mol. The van der Waals surface area contributed by atoms with Gasteiger partial charge in [-0.1, -0.05) is 11.6 Å². The molecule has 0 saturated heterocycles. The van der Waals surface area contributed by atoms with Gasteiger partial charge in [0.25, 0.3) is 0 Å². The lowest BCUT2D eigenvalue weighted by atomic mass is 9.85. The molecule has 7 heteroatoms. The van der Waals surface area contributed by atoms with Gasteiger partial charge in [0, 0.05) is 43.7 Å². The van der Waals surface area contributed by atoms with E-state index in [2.05, 4.69) is 33.5 Å². The zero-order valence-corrected chi connectivity index (χ0v) is 16.6. The molecular formula is C20H28N6O. The molecule has 27 heavy (non-hydrogen) atoms. The van der Waals surface area contributed by atoms with Crippen molar-refractivity contribution in [3.63, 3.8) is 0 Å². The quantitative estimate of drug-likeness (QED) is 0.684. The highest BCUT2D eigenvalue weighted by molar-refractivity contribution is 5.81. The number of nitrogens with zero attached hydrogens (tertiary/aromatic N) is 5. The van der Waals surface area contributed by atoms with Crippen molar-refractivity contribution in [2.24, 2.45) is 13.0 Å². The van der Waals surface area contributed by atoms with Crippen molar-refractivity contribution in [1.29, 1.82) is 0 Å². The maximum absolute atomic E-state index is 5.17. The van der Waals surface area contributed by atoms with Crippen LogP contribution in [0.2, 0.25) is 0 Å². The summed E-state index contributed by atoms with van der Waals surface area (Å²) in [6.07, 6.45) is 4.01. The molecule has 3 heterocycles. The molecule has 0 amide bonds. The van der Waals surface area contributed by atoms with E-state index in [9.17, 15) is 0 Å². The van der Waals surface area contributed by atoms with Crippen LogP contribution >= 0.6 is 0 Å². The molecule has 0 aliphatic heterocycles. The third-order valence-electron chi connectivity index (χ3n) is 5.53. The molecule has 1 saturated carbocycles. The second-order valence-corrected chi connectivity index (χ2v) is 7.56. The number of aromatic nitrogens is 4. The fraction of sp³-hybridized carbons (Fsp3) is 0.550. The van der Waals surface area contributed by atoms with Crippen LogP contribution < -0.4 is 10.2 Å². The fourth-order valence-electron chi connectivity index (χ4n) is 3.77. The second kappa shape index (κ2) is 7.21. The summed E-state index contributed by atoms with van der Waals surface area (Å²) in [5.41, 5.74) is 3.11. The largest absolute Gasteiger partial charge is 0.363 e. The van der Waals surface area contributed by atoms with Gasteiger partial charge < -0.3 is 14.7 Å². The Balaban J connectivity index is 1.69. The summed E-state index contributed by atoms with van der Waals surface area (Å²) in [6, 6.07) is 4.14. The highest BCUT2D eigenvalue weighted by Gasteiger charge is 2.23. The number of hydrogen-bond acceptors (Lipinski definition) is 6. The Morgan fingerprint density at radius 3 is 2.74 bits per heavy atom. The third kappa shape index (κ3) is 3.50. The van der Waals surface area contributed by atoms with E-state index in [0.717, 1.165) is 53.1 Å². The van der Waals surface area contributed by atoms with E-state index in [1.54, 1.807) is 0 Å². The highest BCUT2D eigenvalue weighted by atomic mass is 16.5. The lowest BCUT2D eigenvalue weighted by molar-refractivity contribution is 0.318. The average Bonchev–Trinajstić information content (AvgIpc) is 3.15. The van der Waals surface area contributed by atoms with Gasteiger partial charge in [0.05, 0.1) is 5.69 Å². The molecule has 1 aliphatic rings. The summed E-state index contributed by atoms with van der Waals surface area (Å²) in [6.45, 7) is 8.81. The summed E-state index contributed by atoms with van der Waals surface area (Å²) in [4.78, 5) is 7.45. The van der Waals surface area contributed by atoms with Crippen LogP contribution in [0.15, 0.2) is 16.7 Å². The molecule has 7 nitrogen and oxygen atoms in total. The molecule has 144 valence electrons. The van der Waals surface area contributed by atoms with Gasteiger partial charge in [-0.25, -0.2) is 4.98 Å². The Morgan fingerprint density at radius 1 is 1.30 bits per heavy atom. The van der Waals surface area contributed by atoms with Gasteiger partial charge in [0.1, 0.15) is 11.6 Å². The van der Waals surface area contributed by atoms with E-state index >= 15 is 0 Å². The van der Waals surface area contributed by atoms with Crippen molar-refractivity contribution in [2.75, 3.05) is 23.3 Å². The van der Waals surface area contributed by atoms with Gasteiger partial charge in [0.15, 0.2) is 11.5 Å². The molecule has 0 atom stereocenters. The van der Waals surface area contributed by atoms with Gasteiger partial charge in [-0.15, -0.1) is 0 Å². The van der Waals surface area contributed by atoms with Gasteiger partial charge in [0.2, 0.25) is 0 Å². The molecule has 1 N–H and O–H groups in total. The molecule has 0 unspecified atom stereocenters. The van der Waals surface area contributed by atoms with Crippen LogP contribution in [0.3, 0.4) is 0 Å². The van der Waals surface area contributed by atoms with Crippen LogP contribution in [0.4, 0.5) is 11.6 Å². The minimum absolute atomic E-state index is 0.653. The number of pyridine rings is 1. The van der Waals surface area contributed by atoms with Gasteiger partial charge in [-0.2, -0.15) is 5.10 Å². The molecule has 0 bridgehead atoms. The highest BCUT2D eigenvalue weighted by Crippen LogP contribution is 2.31. The average molecular weight is 368 g/mol. The summed E-state index contributed by atoms with van der Waals surface area (Å²) in [7, 11) is 1.96. The SMILES string of the molecule is CCN(CC1CCC1)c1nc2c(cc1CNc1cc(C)on1)c(C)nn2C. The number of fused-ring (bicyclic) bond motifs is 1. The number of aryl methyl sites for hydroxylation is 3. The lowest BCUT2D eigenvalue weighted by Crippen LogP contribution is -2.34. The molecule has 3 aromatic rings. The first kappa shape index (κ1) is 17.8. The minimum atomic E-state index is 0.653. The van der Waals surface area contributed by atoms with Gasteiger partial charge >= 0.3 is 0 Å². The normalized spacial score (nSPS) is 14.5. The van der Waals surface area contributed by atoms with E-state index in [1.807, 2.05) is 31.6 Å². The van der Waals surface area contributed by atoms with Crippen LogP contribution in [0.25, 0.3) is 11.0 Å². The Morgan fingerprint density at radius 2 is 2.11 bits per heavy atom. The third-order valence-corrected chi connectivity index (χ3v) is 5.53. The molecule has 4 rings (SSSR count). The van der Waals surface area contributed by atoms with Crippen LogP contribution in [-0.4, -0.2) is 33.0 Å². The van der Waals surface area contributed by atoms with Crippen molar-refractivity contribution in [2.45, 2.75) is 46.6 Å². The monoisotopic (exact) mass is 368 g/mol. The number of nitrogens with one attached hydrogen (secondary N) is 1. The second-order valence-electron chi connectivity index (χ2n) is 7.56. The summed E-state index contributed by atoms with van der Waals surface area (Å²) < 4.78 is 7.05. The van der Waals surface area contributed by atoms with Crippen molar-refractivity contribution in [3.05, 3.63) is 29.2 Å². The van der Waals surface area contributed by atoms with Crippen molar-refractivity contribution in [3.8, 4) is 0 Å². The number of hydrogen-bond donors (Lipinski definition) is 1. The first-order chi connectivity index (χ1) is 13.0. The standard InChI is InChI=1S/C20H28N6O/c1-5-26(12-15-7-6-8-15)19-16(11-21-18-9-13(2)27-24-18)10-17-14(3)23-25(4)20(17)22-19/h9-10,15H,5-8,11-12H2,1-4H3,(H,21,24). The van der Waals surface area contributed by atoms with Crippen molar-refractivity contribution >= 4 is 22.7 Å². The predicted octanol–water partition coefficient (Wildman–Crippen LogP) is 3.81. The van der Waals surface area contributed by atoms with Crippen LogP contribution in [0.5, 0.6) is 0 Å². The summed E-state index contributed by atoms with van der Waals surface area (Å²) >= 11 is 0. The predicted molar refractivity (Wildman–Crippen MR) is 107 cm³/mol. The van der Waals surface area contributed by atoms with E-state index in [-0.39, 0.29) is 0 Å². The molecule has 0 spiro atoms. The summed E-state index contributed by atoms with van der Waals surface area (Å²) in [5, 5.41) is 13.1. The molecule has 0 aromatic carbocycles. The minimum Gasteiger partial charge on any atom is -0.363 e. The first-order valence-electron chi connectivity index (χ1n) is 9.80. The number of rotatable bonds is 7. The van der Waals surface area contributed by atoms with Crippen molar-refractivity contribution < 1.29 is 4.52 Å². The van der Waals surface area contributed by atoms with E-state index in [0.29, 0.717) is 6.54 Å². The van der Waals surface area contributed by atoms with E-state index < -0.39 is 0 Å². The Hall–Kier alpha value is -2.57. The summed E-state index contributed by atoms with van der Waals surface area (Å²) in [5.74, 6) is 3.39. The first-order valence-corrected chi connectivity index (χ1v) is 9.80. The van der Waals surface area contributed by atoms with Crippen LogP contribution in [-0.2, 0) is 13.6 Å². The molecule has 1 aliphatic carbocycles. The van der Waals surface area contributed by atoms with Crippen LogP contribution in [0.1, 0.15) is 43.2 Å². The zero-order chi connectivity index (χ0) is 19.0. The van der Waals surface area contributed by atoms with E-state index in [4.69, 9.17) is 9.51 Å². The zero-order valence-electron chi connectivity index (χ0n) is 16.6. The Bertz CT molecular complexity index is 939. The van der Waals surface area contributed by atoms with Gasteiger partial charge in [-0.05, 0) is 45.6 Å². The maximum Gasteiger partial charge on any atom is 0.169 e. The van der Waals surface area contributed by atoms with Crippen LogP contribution in [0, 0.1) is 19.8 Å². The topological polar surface area (TPSA) is 72.0 Å². The maximum atomic E-state index is 5.17. The lowest BCUT2D eigenvalue weighted by Gasteiger charge is -2.33. The fourth-order valence-corrected chi connectivity index (χ4v) is 3.77. The Kier molecular flexibility index (Phi) is 4.76. The molecule has 1 fully saturated rings. The van der Waals surface area contributed by atoms with E-state index in [1.165, 1.54) is 24.8 Å². The smallest absolute Gasteiger partial charge is 0.169 e. The van der Waals surface area contributed by atoms with Gasteiger partial charge in [-0.3, -0.25) is 4.68 Å². The molecule has 3 aromatic heterocycles. The van der Waals surface area contributed by atoms with Crippen molar-refractivity contribution in [1.82, 2.24) is 19.9 Å². The Labute approximate surface area is 159 Å². The number of anilines is 2. The molecule has 0 radical (unpaired) electrons.